The highest BCUT2D eigenvalue weighted by Gasteiger charge is 2.28. The average molecular weight is 416 g/mol. The number of nitrogens with one attached hydrogen (secondary N) is 2. The van der Waals surface area contributed by atoms with Crippen molar-refractivity contribution >= 4 is 27.7 Å². The summed E-state index contributed by atoms with van der Waals surface area (Å²) in [5.41, 5.74) is 6.06. The zero-order chi connectivity index (χ0) is 18.1. The molecule has 144 valence electrons. The second-order valence-electron chi connectivity index (χ2n) is 7.63. The molecule has 2 aliphatic rings. The van der Waals surface area contributed by atoms with Crippen molar-refractivity contribution in [1.29, 1.82) is 0 Å². The smallest absolute Gasteiger partial charge is 0.224 e. The van der Waals surface area contributed by atoms with Crippen molar-refractivity contribution in [3.05, 3.63) is 0 Å². The Balaban J connectivity index is 1.50. The summed E-state index contributed by atoms with van der Waals surface area (Å²) in [6.45, 7) is 0.712. The topological polar surface area (TPSA) is 84.2 Å². The summed E-state index contributed by atoms with van der Waals surface area (Å²) >= 11 is 3.64. The maximum atomic E-state index is 12.2. The number of rotatable bonds is 8. The van der Waals surface area contributed by atoms with E-state index in [-0.39, 0.29) is 29.8 Å². The Morgan fingerprint density at radius 3 is 2.44 bits per heavy atom. The van der Waals surface area contributed by atoms with Crippen molar-refractivity contribution in [2.75, 3.05) is 6.54 Å². The molecular weight excluding hydrogens is 382 g/mol. The van der Waals surface area contributed by atoms with Crippen molar-refractivity contribution in [3.8, 4) is 0 Å². The molecule has 2 saturated carbocycles. The maximum Gasteiger partial charge on any atom is 0.224 e. The first-order chi connectivity index (χ1) is 12.1. The van der Waals surface area contributed by atoms with E-state index in [1.54, 1.807) is 0 Å². The number of hydrogen-bond acceptors (Lipinski definition) is 3. The molecule has 0 aromatic heterocycles. The van der Waals surface area contributed by atoms with Gasteiger partial charge >= 0.3 is 0 Å². The van der Waals surface area contributed by atoms with Crippen LogP contribution >= 0.6 is 15.9 Å². The molecule has 5 nitrogen and oxygen atoms in total. The number of nitrogens with two attached hydrogens (primary N) is 1. The highest BCUT2D eigenvalue weighted by Crippen LogP contribution is 2.29. The van der Waals surface area contributed by atoms with Crippen LogP contribution in [0.15, 0.2) is 0 Å². The standard InChI is InChI=1S/C19H34BrN3O2/c20-15-9-4-3-8-14(15)19(25)22-13-7-1-2-12-18(24)23-17-11-6-5-10-16(17)21/h14-17H,1-13,21H2,(H,22,25)(H,23,24). The van der Waals surface area contributed by atoms with E-state index in [9.17, 15) is 9.59 Å². The Hall–Kier alpha value is -0.620. The number of unbranched alkanes of at least 4 members (excludes halogenated alkanes) is 2. The second-order valence-corrected chi connectivity index (χ2v) is 8.81. The van der Waals surface area contributed by atoms with E-state index in [2.05, 4.69) is 26.6 Å². The highest BCUT2D eigenvalue weighted by molar-refractivity contribution is 9.09. The molecule has 25 heavy (non-hydrogen) atoms. The number of carbonyl (C=O) groups is 2. The van der Waals surface area contributed by atoms with E-state index < -0.39 is 0 Å². The zero-order valence-electron chi connectivity index (χ0n) is 15.3. The van der Waals surface area contributed by atoms with E-state index >= 15 is 0 Å². The van der Waals surface area contributed by atoms with Gasteiger partial charge in [0.25, 0.3) is 0 Å². The van der Waals surface area contributed by atoms with Gasteiger partial charge in [0.1, 0.15) is 0 Å². The molecule has 4 unspecified atom stereocenters. The van der Waals surface area contributed by atoms with Gasteiger partial charge in [-0.2, -0.15) is 0 Å². The van der Waals surface area contributed by atoms with Crippen LogP contribution in [0.5, 0.6) is 0 Å². The van der Waals surface area contributed by atoms with E-state index in [1.165, 1.54) is 12.8 Å². The Labute approximate surface area is 160 Å². The number of hydrogen-bond donors (Lipinski definition) is 3. The Morgan fingerprint density at radius 2 is 1.68 bits per heavy atom. The van der Waals surface area contributed by atoms with Crippen LogP contribution in [0.2, 0.25) is 0 Å². The number of carbonyl (C=O) groups excluding carboxylic acids is 2. The van der Waals surface area contributed by atoms with Crippen molar-refractivity contribution in [2.45, 2.75) is 94.0 Å². The van der Waals surface area contributed by atoms with E-state index in [4.69, 9.17) is 5.73 Å². The Morgan fingerprint density at radius 1 is 0.960 bits per heavy atom. The lowest BCUT2D eigenvalue weighted by atomic mass is 9.88. The van der Waals surface area contributed by atoms with Crippen LogP contribution in [-0.4, -0.2) is 35.3 Å². The van der Waals surface area contributed by atoms with E-state index in [1.807, 2.05) is 0 Å². The van der Waals surface area contributed by atoms with Gasteiger partial charge in [-0.15, -0.1) is 0 Å². The molecule has 6 heteroatoms. The summed E-state index contributed by atoms with van der Waals surface area (Å²) in [5.74, 6) is 0.431. The summed E-state index contributed by atoms with van der Waals surface area (Å²) in [6.07, 6.45) is 12.1. The van der Waals surface area contributed by atoms with Gasteiger partial charge in [-0.1, -0.05) is 48.0 Å². The first kappa shape index (κ1) is 20.7. The van der Waals surface area contributed by atoms with Crippen LogP contribution in [0.1, 0.15) is 77.0 Å². The summed E-state index contributed by atoms with van der Waals surface area (Å²) in [4.78, 5) is 24.5. The number of amides is 2. The molecule has 0 aliphatic heterocycles. The first-order valence-corrected chi connectivity index (χ1v) is 11.0. The largest absolute Gasteiger partial charge is 0.356 e. The van der Waals surface area contributed by atoms with E-state index in [0.717, 1.165) is 57.8 Å². The van der Waals surface area contributed by atoms with Crippen LogP contribution in [0.25, 0.3) is 0 Å². The molecule has 0 saturated heterocycles. The lowest BCUT2D eigenvalue weighted by Gasteiger charge is -2.29. The third-order valence-electron chi connectivity index (χ3n) is 5.56. The van der Waals surface area contributed by atoms with Gasteiger partial charge < -0.3 is 16.4 Å². The lowest BCUT2D eigenvalue weighted by molar-refractivity contribution is -0.125. The van der Waals surface area contributed by atoms with Crippen molar-refractivity contribution in [3.63, 3.8) is 0 Å². The molecule has 4 N–H and O–H groups in total. The minimum absolute atomic E-state index is 0.117. The molecule has 0 aromatic rings. The van der Waals surface area contributed by atoms with Crippen LogP contribution in [0, 0.1) is 5.92 Å². The molecule has 0 heterocycles. The molecule has 0 bridgehead atoms. The quantitative estimate of drug-likeness (QED) is 0.420. The van der Waals surface area contributed by atoms with Gasteiger partial charge in [0.15, 0.2) is 0 Å². The Bertz CT molecular complexity index is 433. The summed E-state index contributed by atoms with van der Waals surface area (Å²) in [5, 5.41) is 6.14. The molecule has 4 atom stereocenters. The van der Waals surface area contributed by atoms with Gasteiger partial charge in [0.2, 0.25) is 11.8 Å². The van der Waals surface area contributed by atoms with Gasteiger partial charge in [0, 0.05) is 29.9 Å². The fourth-order valence-electron chi connectivity index (χ4n) is 3.93. The van der Waals surface area contributed by atoms with Gasteiger partial charge in [-0.25, -0.2) is 0 Å². The summed E-state index contributed by atoms with van der Waals surface area (Å²) in [7, 11) is 0. The van der Waals surface area contributed by atoms with Crippen LogP contribution in [0.4, 0.5) is 0 Å². The normalized spacial score (nSPS) is 29.8. The molecule has 2 rings (SSSR count). The summed E-state index contributed by atoms with van der Waals surface area (Å²) < 4.78 is 0. The molecule has 2 amide bonds. The van der Waals surface area contributed by atoms with Gasteiger partial charge in [-0.3, -0.25) is 9.59 Å². The van der Waals surface area contributed by atoms with Crippen LogP contribution < -0.4 is 16.4 Å². The maximum absolute atomic E-state index is 12.2. The monoisotopic (exact) mass is 415 g/mol. The second kappa shape index (κ2) is 11.2. The van der Waals surface area contributed by atoms with Crippen molar-refractivity contribution in [2.24, 2.45) is 11.7 Å². The first-order valence-electron chi connectivity index (χ1n) is 10.0. The van der Waals surface area contributed by atoms with Gasteiger partial charge in [0.05, 0.1) is 5.92 Å². The van der Waals surface area contributed by atoms with Crippen molar-refractivity contribution in [1.82, 2.24) is 10.6 Å². The molecule has 0 radical (unpaired) electrons. The fourth-order valence-corrected chi connectivity index (χ4v) is 4.76. The van der Waals surface area contributed by atoms with Gasteiger partial charge in [-0.05, 0) is 38.5 Å². The molecule has 0 aromatic carbocycles. The third-order valence-corrected chi connectivity index (χ3v) is 6.66. The molecule has 0 spiro atoms. The predicted octanol–water partition coefficient (Wildman–Crippen LogP) is 3.00. The van der Waals surface area contributed by atoms with Crippen LogP contribution in [0.3, 0.4) is 0 Å². The van der Waals surface area contributed by atoms with Crippen molar-refractivity contribution < 1.29 is 9.59 Å². The van der Waals surface area contributed by atoms with E-state index in [0.29, 0.717) is 17.8 Å². The lowest BCUT2D eigenvalue weighted by Crippen LogP contribution is -2.49. The SMILES string of the molecule is NC1CCCCC1NC(=O)CCCCCNC(=O)C1CCCCC1Br. The average Bonchev–Trinajstić information content (AvgIpc) is 2.60. The third kappa shape index (κ3) is 7.26. The number of alkyl halides is 1. The minimum Gasteiger partial charge on any atom is -0.356 e. The highest BCUT2D eigenvalue weighted by atomic mass is 79.9. The minimum atomic E-state index is 0.117. The molecular formula is C19H34BrN3O2. The summed E-state index contributed by atoms with van der Waals surface area (Å²) in [6, 6.07) is 0.277. The number of halogens is 1. The Kier molecular flexibility index (Phi) is 9.24. The molecule has 2 aliphatic carbocycles. The van der Waals surface area contributed by atoms with Crippen LogP contribution in [-0.2, 0) is 9.59 Å². The zero-order valence-corrected chi connectivity index (χ0v) is 16.9. The predicted molar refractivity (Wildman–Crippen MR) is 105 cm³/mol. The fraction of sp³-hybridized carbons (Fsp3) is 0.895. The molecule has 2 fully saturated rings.